The maximum absolute atomic E-state index is 6.75. The molecule has 0 saturated carbocycles. The Kier molecular flexibility index (Phi) is 8.28. The first-order chi connectivity index (χ1) is 29.7. The van der Waals surface area contributed by atoms with Gasteiger partial charge in [-0.3, -0.25) is 0 Å². The molecule has 0 bridgehead atoms. The second-order valence-corrected chi connectivity index (χ2v) is 17.7. The van der Waals surface area contributed by atoms with Crippen LogP contribution in [-0.4, -0.2) is 0 Å². The predicted octanol–water partition coefficient (Wildman–Crippen LogP) is 16.7. The molecule has 0 aliphatic heterocycles. The Morgan fingerprint density at radius 2 is 1.15 bits per heavy atom. The molecule has 1 heterocycles. The van der Waals surface area contributed by atoms with Gasteiger partial charge in [0.25, 0.3) is 0 Å². The fourth-order valence-electron chi connectivity index (χ4n) is 10.4. The number of nitrogens with zero attached hydrogens (tertiary/aromatic N) is 1. The van der Waals surface area contributed by atoms with Crippen LogP contribution in [0.3, 0.4) is 0 Å². The highest BCUT2D eigenvalue weighted by molar-refractivity contribution is 6.19. The Bertz CT molecular complexity index is 3320. The minimum atomic E-state index is -0.206. The summed E-state index contributed by atoms with van der Waals surface area (Å²) < 4.78 is 6.75. The molecule has 11 rings (SSSR count). The lowest BCUT2D eigenvalue weighted by atomic mass is 9.80. The van der Waals surface area contributed by atoms with Crippen LogP contribution in [-0.2, 0) is 10.8 Å². The highest BCUT2D eigenvalue weighted by atomic mass is 16.3. The molecule has 0 N–H and O–H groups in total. The van der Waals surface area contributed by atoms with Crippen molar-refractivity contribution in [3.05, 3.63) is 216 Å². The number of benzene rings is 8. The van der Waals surface area contributed by atoms with Crippen molar-refractivity contribution in [3.8, 4) is 33.4 Å². The van der Waals surface area contributed by atoms with Crippen molar-refractivity contribution in [3.63, 3.8) is 0 Å². The second-order valence-electron chi connectivity index (χ2n) is 17.7. The molecule has 2 nitrogen and oxygen atoms in total. The lowest BCUT2D eigenvalue weighted by Crippen LogP contribution is -2.17. The van der Waals surface area contributed by atoms with Crippen molar-refractivity contribution >= 4 is 55.3 Å². The van der Waals surface area contributed by atoms with Crippen molar-refractivity contribution in [2.75, 3.05) is 4.90 Å². The van der Waals surface area contributed by atoms with Crippen LogP contribution < -0.4 is 4.90 Å². The number of anilines is 3. The van der Waals surface area contributed by atoms with Crippen LogP contribution in [0.4, 0.5) is 17.1 Å². The molecule has 0 radical (unpaired) electrons. The average Bonchev–Trinajstić information content (AvgIpc) is 3.86. The number of hydrogen-bond donors (Lipinski definition) is 0. The molecule has 8 aromatic carbocycles. The highest BCUT2D eigenvalue weighted by Crippen LogP contribution is 2.53. The summed E-state index contributed by atoms with van der Waals surface area (Å²) in [4.78, 5) is 2.43. The number of hydrogen-bond acceptors (Lipinski definition) is 2. The maximum atomic E-state index is 6.75. The predicted molar refractivity (Wildman–Crippen MR) is 259 cm³/mol. The van der Waals surface area contributed by atoms with E-state index in [0.717, 1.165) is 44.4 Å². The average molecular weight is 786 g/mol. The Labute approximate surface area is 358 Å². The summed E-state index contributed by atoms with van der Waals surface area (Å²) in [6, 6.07) is 60.2. The van der Waals surface area contributed by atoms with Gasteiger partial charge in [0.15, 0.2) is 0 Å². The molecule has 61 heavy (non-hydrogen) atoms. The zero-order chi connectivity index (χ0) is 41.6. The Morgan fingerprint density at radius 3 is 1.89 bits per heavy atom. The van der Waals surface area contributed by atoms with Gasteiger partial charge in [-0.05, 0) is 134 Å². The van der Waals surface area contributed by atoms with Gasteiger partial charge in [-0.2, -0.15) is 0 Å². The van der Waals surface area contributed by atoms with Crippen molar-refractivity contribution in [1.82, 2.24) is 0 Å². The van der Waals surface area contributed by atoms with Crippen LogP contribution in [0.1, 0.15) is 56.9 Å². The molecule has 1 aromatic heterocycles. The standard InChI is InChI=1S/C59H47NO/c1-7-15-45-46-30-26-41(35-51(46)58(3,4)50(45)8-2)38-22-27-42(28-23-38)60(54-20-14-21-55-56(54)49-32-24-39-18-12-13-19-44(39)57(49)61-55)43-29-33-48-47-31-25-40(37-16-10-9-11-17-37)34-52(47)59(5,6)53(48)36-43/h7-36H,2H2,1,3-6H3/b15-7-. The van der Waals surface area contributed by atoms with E-state index in [0.29, 0.717) is 0 Å². The summed E-state index contributed by atoms with van der Waals surface area (Å²) in [6.45, 7) is 15.7. The smallest absolute Gasteiger partial charge is 0.143 e. The van der Waals surface area contributed by atoms with E-state index in [-0.39, 0.29) is 10.8 Å². The van der Waals surface area contributed by atoms with Gasteiger partial charge >= 0.3 is 0 Å². The zero-order valence-electron chi connectivity index (χ0n) is 35.4. The third kappa shape index (κ3) is 5.55. The van der Waals surface area contributed by atoms with Gasteiger partial charge in [-0.1, -0.05) is 162 Å². The molecule has 2 aliphatic rings. The summed E-state index contributed by atoms with van der Waals surface area (Å²) in [7, 11) is 0. The normalized spacial score (nSPS) is 14.8. The fraction of sp³-hybridized carbons (Fsp3) is 0.119. The van der Waals surface area contributed by atoms with E-state index in [9.17, 15) is 0 Å². The molecule has 0 atom stereocenters. The number of fused-ring (bicyclic) bond motifs is 9. The first-order valence-corrected chi connectivity index (χ1v) is 21.4. The summed E-state index contributed by atoms with van der Waals surface area (Å²) in [6.07, 6.45) is 6.38. The van der Waals surface area contributed by atoms with E-state index in [4.69, 9.17) is 4.42 Å². The van der Waals surface area contributed by atoms with Crippen molar-refractivity contribution in [1.29, 1.82) is 0 Å². The molecule has 0 saturated heterocycles. The molecule has 2 heteroatoms. The van der Waals surface area contributed by atoms with Crippen molar-refractivity contribution < 1.29 is 4.42 Å². The lowest BCUT2D eigenvalue weighted by molar-refractivity contribution is 0.655. The lowest BCUT2D eigenvalue weighted by Gasteiger charge is -2.29. The van der Waals surface area contributed by atoms with Gasteiger partial charge in [-0.15, -0.1) is 0 Å². The van der Waals surface area contributed by atoms with E-state index < -0.39 is 0 Å². The van der Waals surface area contributed by atoms with Crippen LogP contribution in [0.2, 0.25) is 0 Å². The fourth-order valence-corrected chi connectivity index (χ4v) is 10.4. The van der Waals surface area contributed by atoms with Gasteiger partial charge in [0.1, 0.15) is 11.2 Å². The first kappa shape index (κ1) is 36.9. The van der Waals surface area contributed by atoms with E-state index in [1.54, 1.807) is 0 Å². The molecule has 0 spiro atoms. The monoisotopic (exact) mass is 785 g/mol. The minimum Gasteiger partial charge on any atom is -0.455 e. The summed E-state index contributed by atoms with van der Waals surface area (Å²) in [5.41, 5.74) is 20.0. The zero-order valence-corrected chi connectivity index (χ0v) is 35.4. The molecular weight excluding hydrogens is 739 g/mol. The van der Waals surface area contributed by atoms with E-state index >= 15 is 0 Å². The topological polar surface area (TPSA) is 16.4 Å². The number of rotatable bonds is 7. The molecule has 0 fully saturated rings. The summed E-state index contributed by atoms with van der Waals surface area (Å²) >= 11 is 0. The molecule has 0 unspecified atom stereocenters. The van der Waals surface area contributed by atoms with Crippen LogP contribution in [0, 0.1) is 0 Å². The molecule has 0 amide bonds. The molecule has 2 aliphatic carbocycles. The number of furan rings is 1. The quantitative estimate of drug-likeness (QED) is 0.160. The van der Waals surface area contributed by atoms with Crippen LogP contribution in [0.5, 0.6) is 0 Å². The van der Waals surface area contributed by atoms with Crippen LogP contribution >= 0.6 is 0 Å². The third-order valence-electron chi connectivity index (χ3n) is 13.6. The van der Waals surface area contributed by atoms with Gasteiger partial charge in [0.2, 0.25) is 0 Å². The van der Waals surface area contributed by atoms with Gasteiger partial charge in [-0.25, -0.2) is 0 Å². The Morgan fingerprint density at radius 1 is 0.525 bits per heavy atom. The molecule has 294 valence electrons. The Balaban J connectivity index is 1.07. The van der Waals surface area contributed by atoms with Crippen molar-refractivity contribution in [2.24, 2.45) is 0 Å². The summed E-state index contributed by atoms with van der Waals surface area (Å²) in [5, 5.41) is 4.50. The van der Waals surface area contributed by atoms with E-state index in [2.05, 4.69) is 222 Å². The van der Waals surface area contributed by atoms with E-state index in [1.807, 2.05) is 6.08 Å². The minimum absolute atomic E-state index is 0.139. The van der Waals surface area contributed by atoms with Gasteiger partial charge in [0, 0.05) is 33.0 Å². The van der Waals surface area contributed by atoms with Crippen LogP contribution in [0.25, 0.3) is 71.7 Å². The first-order valence-electron chi connectivity index (χ1n) is 21.4. The summed E-state index contributed by atoms with van der Waals surface area (Å²) in [5.74, 6) is 0. The largest absolute Gasteiger partial charge is 0.455 e. The Hall–Kier alpha value is -7.16. The van der Waals surface area contributed by atoms with Gasteiger partial charge in [0.05, 0.1) is 11.1 Å². The van der Waals surface area contributed by atoms with Crippen molar-refractivity contribution in [2.45, 2.75) is 45.4 Å². The maximum Gasteiger partial charge on any atom is 0.143 e. The molecule has 9 aromatic rings. The highest BCUT2D eigenvalue weighted by Gasteiger charge is 2.37. The second kappa shape index (κ2) is 13.7. The number of allylic oxidation sites excluding steroid dienone is 5. The molecular formula is C59H47NO. The SMILES string of the molecule is C=CC1=C(/C=C\C)c2ccc(-c3ccc(N(c4ccc5c(c4)C(C)(C)c4cc(-c6ccccc6)ccc4-5)c4cccc5oc6c7ccccc7ccc6c45)cc3)cc2C1(C)C. The van der Waals surface area contributed by atoms with Crippen LogP contribution in [0.15, 0.2) is 199 Å². The van der Waals surface area contributed by atoms with E-state index in [1.165, 1.54) is 72.2 Å². The van der Waals surface area contributed by atoms with Gasteiger partial charge < -0.3 is 9.32 Å². The third-order valence-corrected chi connectivity index (χ3v) is 13.6.